The predicted molar refractivity (Wildman–Crippen MR) is 77.8 cm³/mol. The molecule has 0 unspecified atom stereocenters. The van der Waals surface area contributed by atoms with Crippen molar-refractivity contribution in [3.8, 4) is 23.3 Å². The lowest BCUT2D eigenvalue weighted by Crippen LogP contribution is -2.07. The molecule has 2 rings (SSSR count). The van der Waals surface area contributed by atoms with Crippen LogP contribution in [0.2, 0.25) is 0 Å². The molecule has 0 aliphatic heterocycles. The Morgan fingerprint density at radius 2 is 1.90 bits per heavy atom. The van der Waals surface area contributed by atoms with E-state index in [0.29, 0.717) is 17.2 Å². The summed E-state index contributed by atoms with van der Waals surface area (Å²) in [6, 6.07) is 10.7. The number of nitrogens with zero attached hydrogens (tertiary/aromatic N) is 1. The van der Waals surface area contributed by atoms with Gasteiger partial charge in [-0.1, -0.05) is 0 Å². The molecule has 0 aliphatic carbocycles. The standard InChI is InChI=1S/C16H15FN2O2/c1-10(2)20-16-8-12(4-5-14(16)19)21-15-6-3-11(9-18)7-13(15)17/h3-8,10H,19H2,1-2H3. The second kappa shape index (κ2) is 6.14. The van der Waals surface area contributed by atoms with E-state index in [1.54, 1.807) is 18.2 Å². The maximum absolute atomic E-state index is 13.8. The first-order valence-corrected chi connectivity index (χ1v) is 6.43. The van der Waals surface area contributed by atoms with Gasteiger partial charge in [0, 0.05) is 6.07 Å². The van der Waals surface area contributed by atoms with E-state index in [1.165, 1.54) is 12.1 Å². The third kappa shape index (κ3) is 3.63. The summed E-state index contributed by atoms with van der Waals surface area (Å²) in [5.74, 6) is 0.325. The van der Waals surface area contributed by atoms with E-state index in [4.69, 9.17) is 20.5 Å². The van der Waals surface area contributed by atoms with Gasteiger partial charge in [-0.15, -0.1) is 0 Å². The van der Waals surface area contributed by atoms with Crippen LogP contribution in [0.1, 0.15) is 19.4 Å². The molecule has 2 aromatic carbocycles. The lowest BCUT2D eigenvalue weighted by atomic mass is 10.2. The molecular formula is C16H15FN2O2. The summed E-state index contributed by atoms with van der Waals surface area (Å²) in [5, 5.41) is 8.71. The lowest BCUT2D eigenvalue weighted by molar-refractivity contribution is 0.243. The number of hydrogen-bond donors (Lipinski definition) is 1. The highest BCUT2D eigenvalue weighted by Gasteiger charge is 2.09. The number of hydrogen-bond acceptors (Lipinski definition) is 4. The van der Waals surface area contributed by atoms with Crippen molar-refractivity contribution in [3.63, 3.8) is 0 Å². The number of ether oxygens (including phenoxy) is 2. The Kier molecular flexibility index (Phi) is 4.29. The van der Waals surface area contributed by atoms with E-state index < -0.39 is 5.82 Å². The molecule has 0 amide bonds. The number of anilines is 1. The minimum absolute atomic E-state index is 0.0331. The van der Waals surface area contributed by atoms with Gasteiger partial charge in [0.15, 0.2) is 11.6 Å². The number of nitrogens with two attached hydrogens (primary N) is 1. The molecule has 0 aliphatic rings. The largest absolute Gasteiger partial charge is 0.489 e. The Morgan fingerprint density at radius 3 is 2.52 bits per heavy atom. The van der Waals surface area contributed by atoms with Crippen molar-refractivity contribution in [2.24, 2.45) is 0 Å². The zero-order valence-electron chi connectivity index (χ0n) is 11.8. The molecule has 2 N–H and O–H groups in total. The molecule has 0 saturated carbocycles. The Bertz CT molecular complexity index is 693. The van der Waals surface area contributed by atoms with E-state index in [9.17, 15) is 4.39 Å². The minimum atomic E-state index is -0.600. The van der Waals surface area contributed by atoms with Gasteiger partial charge < -0.3 is 15.2 Å². The fourth-order valence-corrected chi connectivity index (χ4v) is 1.71. The number of benzene rings is 2. The van der Waals surface area contributed by atoms with Crippen molar-refractivity contribution < 1.29 is 13.9 Å². The van der Waals surface area contributed by atoms with Crippen molar-refractivity contribution in [2.75, 3.05) is 5.73 Å². The fraction of sp³-hybridized carbons (Fsp3) is 0.188. The Balaban J connectivity index is 2.26. The van der Waals surface area contributed by atoms with Gasteiger partial charge in [0.05, 0.1) is 23.4 Å². The zero-order chi connectivity index (χ0) is 15.4. The highest BCUT2D eigenvalue weighted by molar-refractivity contribution is 5.56. The number of nitriles is 1. The van der Waals surface area contributed by atoms with Crippen LogP contribution in [0.15, 0.2) is 36.4 Å². The maximum atomic E-state index is 13.8. The first kappa shape index (κ1) is 14.7. The topological polar surface area (TPSA) is 68.3 Å². The summed E-state index contributed by atoms with van der Waals surface area (Å²) in [4.78, 5) is 0. The Morgan fingerprint density at radius 1 is 1.14 bits per heavy atom. The normalized spacial score (nSPS) is 10.2. The number of halogens is 1. The van der Waals surface area contributed by atoms with Crippen LogP contribution in [-0.4, -0.2) is 6.10 Å². The second-order valence-corrected chi connectivity index (χ2v) is 4.73. The van der Waals surface area contributed by atoms with Crippen LogP contribution in [0.4, 0.5) is 10.1 Å². The van der Waals surface area contributed by atoms with Crippen molar-refractivity contribution in [3.05, 3.63) is 47.8 Å². The van der Waals surface area contributed by atoms with Gasteiger partial charge in [0.25, 0.3) is 0 Å². The molecule has 5 heteroatoms. The van der Waals surface area contributed by atoms with Gasteiger partial charge in [-0.3, -0.25) is 0 Å². The van der Waals surface area contributed by atoms with Crippen LogP contribution >= 0.6 is 0 Å². The summed E-state index contributed by atoms with van der Waals surface area (Å²) in [6.45, 7) is 3.76. The molecule has 0 spiro atoms. The average Bonchev–Trinajstić information content (AvgIpc) is 2.44. The van der Waals surface area contributed by atoms with Crippen molar-refractivity contribution in [1.29, 1.82) is 5.26 Å². The van der Waals surface area contributed by atoms with Crippen molar-refractivity contribution in [1.82, 2.24) is 0 Å². The SMILES string of the molecule is CC(C)Oc1cc(Oc2ccc(C#N)cc2F)ccc1N. The minimum Gasteiger partial charge on any atom is -0.489 e. The van der Waals surface area contributed by atoms with Gasteiger partial charge >= 0.3 is 0 Å². The highest BCUT2D eigenvalue weighted by Crippen LogP contribution is 2.31. The van der Waals surface area contributed by atoms with E-state index in [-0.39, 0.29) is 17.4 Å². The van der Waals surface area contributed by atoms with Crippen LogP contribution < -0.4 is 15.2 Å². The van der Waals surface area contributed by atoms with Gasteiger partial charge in [0.1, 0.15) is 11.5 Å². The third-order valence-corrected chi connectivity index (χ3v) is 2.64. The van der Waals surface area contributed by atoms with E-state index in [2.05, 4.69) is 0 Å². The number of rotatable bonds is 4. The zero-order valence-corrected chi connectivity index (χ0v) is 11.8. The monoisotopic (exact) mass is 286 g/mol. The third-order valence-electron chi connectivity index (χ3n) is 2.64. The lowest BCUT2D eigenvalue weighted by Gasteiger charge is -2.14. The first-order valence-electron chi connectivity index (χ1n) is 6.43. The predicted octanol–water partition coefficient (Wildman–Crippen LogP) is 3.86. The Labute approximate surface area is 122 Å². The second-order valence-electron chi connectivity index (χ2n) is 4.73. The molecule has 2 aromatic rings. The molecule has 0 saturated heterocycles. The van der Waals surface area contributed by atoms with Crippen LogP contribution in [0.25, 0.3) is 0 Å². The summed E-state index contributed by atoms with van der Waals surface area (Å²) >= 11 is 0. The fourth-order valence-electron chi connectivity index (χ4n) is 1.71. The highest BCUT2D eigenvalue weighted by atomic mass is 19.1. The molecule has 0 fully saturated rings. The molecule has 0 atom stereocenters. The van der Waals surface area contributed by atoms with E-state index >= 15 is 0 Å². The van der Waals surface area contributed by atoms with Crippen molar-refractivity contribution in [2.45, 2.75) is 20.0 Å². The molecule has 21 heavy (non-hydrogen) atoms. The van der Waals surface area contributed by atoms with Gasteiger partial charge in [-0.05, 0) is 44.2 Å². The van der Waals surface area contributed by atoms with E-state index in [0.717, 1.165) is 6.07 Å². The molecule has 0 bridgehead atoms. The Hall–Kier alpha value is -2.74. The van der Waals surface area contributed by atoms with Crippen LogP contribution in [-0.2, 0) is 0 Å². The number of nitrogen functional groups attached to an aromatic ring is 1. The summed E-state index contributed by atoms with van der Waals surface area (Å²) in [7, 11) is 0. The summed E-state index contributed by atoms with van der Waals surface area (Å²) < 4.78 is 24.8. The van der Waals surface area contributed by atoms with Crippen LogP contribution in [0.5, 0.6) is 17.2 Å². The molecule has 4 nitrogen and oxygen atoms in total. The molecular weight excluding hydrogens is 271 g/mol. The quantitative estimate of drug-likeness (QED) is 0.866. The molecule has 0 heterocycles. The van der Waals surface area contributed by atoms with Gasteiger partial charge in [-0.25, -0.2) is 4.39 Å². The van der Waals surface area contributed by atoms with Crippen LogP contribution in [0.3, 0.4) is 0 Å². The molecule has 0 radical (unpaired) electrons. The smallest absolute Gasteiger partial charge is 0.167 e. The molecule has 0 aromatic heterocycles. The van der Waals surface area contributed by atoms with E-state index in [1.807, 2.05) is 19.9 Å². The average molecular weight is 286 g/mol. The maximum Gasteiger partial charge on any atom is 0.167 e. The van der Waals surface area contributed by atoms with Crippen LogP contribution in [0, 0.1) is 17.1 Å². The summed E-state index contributed by atoms with van der Waals surface area (Å²) in [6.07, 6.45) is -0.0331. The summed E-state index contributed by atoms with van der Waals surface area (Å²) in [5.41, 5.74) is 6.53. The first-order chi connectivity index (χ1) is 9.99. The van der Waals surface area contributed by atoms with Crippen molar-refractivity contribution >= 4 is 5.69 Å². The van der Waals surface area contributed by atoms with Gasteiger partial charge in [-0.2, -0.15) is 5.26 Å². The van der Waals surface area contributed by atoms with Gasteiger partial charge in [0.2, 0.25) is 0 Å². The molecule has 108 valence electrons.